The van der Waals surface area contributed by atoms with E-state index in [2.05, 4.69) is 5.43 Å². The molecule has 4 amide bonds. The number of benzene rings is 4. The fourth-order valence-electron chi connectivity index (χ4n) is 8.92. The number of ether oxygens (including phenoxy) is 1. The topological polar surface area (TPSA) is 159 Å². The second kappa shape index (κ2) is 12.6. The third-order valence-electron chi connectivity index (χ3n) is 11.1. The van der Waals surface area contributed by atoms with Gasteiger partial charge in [0.15, 0.2) is 11.5 Å². The number of carbonyl (C=O) groups is 4. The van der Waals surface area contributed by atoms with Gasteiger partial charge in [0.25, 0.3) is 17.5 Å². The number of halogens is 2. The highest BCUT2D eigenvalue weighted by molar-refractivity contribution is 6.30. The van der Waals surface area contributed by atoms with Gasteiger partial charge >= 0.3 is 0 Å². The number of nitrogens with one attached hydrogen (secondary N) is 1. The lowest BCUT2D eigenvalue weighted by Crippen LogP contribution is -2.53. The maximum atomic E-state index is 15.2. The van der Waals surface area contributed by atoms with Crippen molar-refractivity contribution < 1.29 is 38.3 Å². The number of phenolic OH excluding ortho intramolecular Hbond substituents is 1. The van der Waals surface area contributed by atoms with E-state index < -0.39 is 69.4 Å². The molecule has 268 valence electrons. The highest BCUT2D eigenvalue weighted by Crippen LogP contribution is 2.64. The van der Waals surface area contributed by atoms with Crippen LogP contribution in [0.15, 0.2) is 103 Å². The lowest BCUT2D eigenvalue weighted by Gasteiger charge is -2.50. The van der Waals surface area contributed by atoms with Crippen LogP contribution in [0.4, 0.5) is 21.5 Å². The number of carbonyl (C=O) groups excluding carboxylic acids is 4. The van der Waals surface area contributed by atoms with Gasteiger partial charge in [0.05, 0.1) is 46.6 Å². The van der Waals surface area contributed by atoms with Gasteiger partial charge in [-0.1, -0.05) is 47.5 Å². The number of nitrogens with zero attached hydrogens (tertiary/aromatic N) is 3. The maximum Gasteiger partial charge on any atom is 0.271 e. The van der Waals surface area contributed by atoms with Crippen LogP contribution >= 0.6 is 11.6 Å². The minimum Gasteiger partial charge on any atom is -0.504 e. The summed E-state index contributed by atoms with van der Waals surface area (Å²) in [5, 5.41) is 24.0. The van der Waals surface area contributed by atoms with Crippen LogP contribution in [0.3, 0.4) is 0 Å². The second-order valence-electron chi connectivity index (χ2n) is 13.6. The molecule has 12 nitrogen and oxygen atoms in total. The van der Waals surface area contributed by atoms with Crippen LogP contribution in [0.5, 0.6) is 11.5 Å². The number of imide groups is 2. The Morgan fingerprint density at radius 1 is 0.943 bits per heavy atom. The third kappa shape index (κ3) is 5.09. The summed E-state index contributed by atoms with van der Waals surface area (Å²) >= 11 is 6.33. The first kappa shape index (κ1) is 34.0. The first-order valence-corrected chi connectivity index (χ1v) is 17.2. The summed E-state index contributed by atoms with van der Waals surface area (Å²) in [4.78, 5) is 70.3. The smallest absolute Gasteiger partial charge is 0.271 e. The lowest BCUT2D eigenvalue weighted by atomic mass is 9.49. The van der Waals surface area contributed by atoms with E-state index >= 15 is 4.79 Å². The van der Waals surface area contributed by atoms with Crippen molar-refractivity contribution in [3.63, 3.8) is 0 Å². The first-order chi connectivity index (χ1) is 25.4. The van der Waals surface area contributed by atoms with E-state index in [-0.39, 0.29) is 41.4 Å². The Kier molecular flexibility index (Phi) is 8.06. The zero-order valence-electron chi connectivity index (χ0n) is 27.9. The van der Waals surface area contributed by atoms with E-state index in [0.717, 1.165) is 9.91 Å². The van der Waals surface area contributed by atoms with Crippen LogP contribution in [-0.2, 0) is 24.6 Å². The van der Waals surface area contributed by atoms with Gasteiger partial charge in [-0.05, 0) is 84.5 Å². The molecule has 0 unspecified atom stereocenters. The number of hydrogen-bond donors (Lipinski definition) is 2. The predicted octanol–water partition coefficient (Wildman–Crippen LogP) is 6.29. The van der Waals surface area contributed by atoms with Crippen molar-refractivity contribution in [1.82, 2.24) is 5.01 Å². The lowest BCUT2D eigenvalue weighted by molar-refractivity contribution is -0.384. The van der Waals surface area contributed by atoms with E-state index in [9.17, 15) is 34.0 Å². The summed E-state index contributed by atoms with van der Waals surface area (Å²) < 4.78 is 19.2. The molecule has 2 saturated heterocycles. The average molecular weight is 737 g/mol. The number of allylic oxidation sites excluding steroid dienone is 2. The molecule has 0 radical (unpaired) electrons. The number of methoxy groups -OCH3 is 1. The Balaban J connectivity index is 1.32. The molecule has 0 spiro atoms. The third-order valence-corrected chi connectivity index (χ3v) is 11.3. The Morgan fingerprint density at radius 3 is 2.36 bits per heavy atom. The van der Waals surface area contributed by atoms with E-state index in [1.807, 2.05) is 6.08 Å². The van der Waals surface area contributed by atoms with Crippen LogP contribution in [0.2, 0.25) is 5.02 Å². The molecule has 0 aromatic heterocycles. The number of rotatable bonds is 7. The number of nitro benzene ring substituents is 1. The number of hydrogen-bond acceptors (Lipinski definition) is 9. The largest absolute Gasteiger partial charge is 0.504 e. The number of anilines is 2. The summed E-state index contributed by atoms with van der Waals surface area (Å²) in [5.74, 6) is -7.42. The molecule has 4 aromatic carbocycles. The Morgan fingerprint density at radius 2 is 1.68 bits per heavy atom. The van der Waals surface area contributed by atoms with Gasteiger partial charge in [-0.15, -0.1) is 0 Å². The van der Waals surface area contributed by atoms with Crippen molar-refractivity contribution in [2.75, 3.05) is 17.4 Å². The molecule has 1 saturated carbocycles. The molecule has 8 rings (SSSR count). The minimum atomic E-state index is -1.64. The minimum absolute atomic E-state index is 0.0117. The standard InChI is InChI=1S/C39H30ClFN4O8/c1-53-32-16-5-20(17-31(32)46)34-27-14-15-28-33(37(49)43(35(28)47)25-3-2-4-26(18-25)45(51)52)29(27)19-30-36(48)44(42-24-12-10-23(41)11-13-24)38(50)39(30,34)21-6-8-22(40)9-7-21/h2-14,16-18,28-30,33-34,42,46H,15,19H2,1H3/t28-,29+,30-,33-,34-,39+/m0/s1. The van der Waals surface area contributed by atoms with Gasteiger partial charge in [-0.3, -0.25) is 34.7 Å². The van der Waals surface area contributed by atoms with Crippen molar-refractivity contribution in [3.05, 3.63) is 135 Å². The molecule has 2 aliphatic carbocycles. The fraction of sp³-hybridized carbons (Fsp3) is 0.231. The molecule has 3 fully saturated rings. The molecular formula is C39H30ClFN4O8. The van der Waals surface area contributed by atoms with E-state index in [1.165, 1.54) is 61.7 Å². The Labute approximate surface area is 306 Å². The van der Waals surface area contributed by atoms with Crippen molar-refractivity contribution in [2.24, 2.45) is 23.7 Å². The van der Waals surface area contributed by atoms with Crippen LogP contribution in [0, 0.1) is 39.6 Å². The zero-order chi connectivity index (χ0) is 37.3. The van der Waals surface area contributed by atoms with Crippen LogP contribution in [0.25, 0.3) is 0 Å². The summed E-state index contributed by atoms with van der Waals surface area (Å²) in [7, 11) is 1.40. The van der Waals surface area contributed by atoms with E-state index in [0.29, 0.717) is 21.7 Å². The van der Waals surface area contributed by atoms with Gasteiger partial charge in [0.1, 0.15) is 5.82 Å². The number of aromatic hydroxyl groups is 1. The number of amides is 4. The van der Waals surface area contributed by atoms with Crippen molar-refractivity contribution in [2.45, 2.75) is 24.2 Å². The highest BCUT2D eigenvalue weighted by atomic mass is 35.5. The maximum absolute atomic E-state index is 15.2. The summed E-state index contributed by atoms with van der Waals surface area (Å²) in [5.41, 5.74) is 2.84. The Bertz CT molecular complexity index is 2260. The van der Waals surface area contributed by atoms with Crippen molar-refractivity contribution in [3.8, 4) is 11.5 Å². The number of hydrazine groups is 1. The highest BCUT2D eigenvalue weighted by Gasteiger charge is 2.70. The normalized spacial score (nSPS) is 26.2. The zero-order valence-corrected chi connectivity index (χ0v) is 28.7. The molecule has 53 heavy (non-hydrogen) atoms. The van der Waals surface area contributed by atoms with Gasteiger partial charge < -0.3 is 9.84 Å². The first-order valence-electron chi connectivity index (χ1n) is 16.8. The molecule has 4 aliphatic rings. The number of non-ortho nitro benzene ring substituents is 1. The van der Waals surface area contributed by atoms with Crippen LogP contribution < -0.4 is 15.1 Å². The fourth-order valence-corrected chi connectivity index (χ4v) is 9.04. The monoisotopic (exact) mass is 736 g/mol. The van der Waals surface area contributed by atoms with Gasteiger partial charge in [0, 0.05) is 23.1 Å². The van der Waals surface area contributed by atoms with Gasteiger partial charge in [0.2, 0.25) is 11.8 Å². The molecule has 2 N–H and O–H groups in total. The molecule has 14 heteroatoms. The molecule has 0 bridgehead atoms. The molecule has 6 atom stereocenters. The summed E-state index contributed by atoms with van der Waals surface area (Å²) in [6.07, 6.45) is 1.95. The Hall–Kier alpha value is -6.08. The number of phenols is 1. The summed E-state index contributed by atoms with van der Waals surface area (Å²) in [6.45, 7) is 0. The quantitative estimate of drug-likeness (QED) is 0.0962. The van der Waals surface area contributed by atoms with Crippen LogP contribution in [0.1, 0.15) is 29.9 Å². The molecule has 2 aliphatic heterocycles. The van der Waals surface area contributed by atoms with E-state index in [4.69, 9.17) is 16.3 Å². The van der Waals surface area contributed by atoms with Gasteiger partial charge in [-0.2, -0.15) is 5.01 Å². The van der Waals surface area contributed by atoms with Crippen LogP contribution in [-0.4, -0.2) is 45.8 Å². The summed E-state index contributed by atoms with van der Waals surface area (Å²) in [6, 6.07) is 21.8. The average Bonchev–Trinajstić information content (AvgIpc) is 3.53. The molecular weight excluding hydrogens is 707 g/mol. The number of fused-ring (bicyclic) bond motifs is 4. The molecule has 2 heterocycles. The van der Waals surface area contributed by atoms with E-state index in [1.54, 1.807) is 36.4 Å². The second-order valence-corrected chi connectivity index (χ2v) is 14.0. The predicted molar refractivity (Wildman–Crippen MR) is 189 cm³/mol. The van der Waals surface area contributed by atoms with Crippen molar-refractivity contribution >= 4 is 52.3 Å². The van der Waals surface area contributed by atoms with Gasteiger partial charge in [-0.25, -0.2) is 9.29 Å². The van der Waals surface area contributed by atoms with Crippen molar-refractivity contribution in [1.29, 1.82) is 0 Å². The molecule has 4 aromatic rings. The SMILES string of the molecule is COc1ccc([C@H]2C3=CC[C@@H]4C(=O)N(c5cccc([N+](=O)[O-])c5)C(=O)[C@@H]4[C@@H]3C[C@H]3C(=O)N(Nc4ccc(F)cc4)C(=O)[C@@]23c2ccc(Cl)cc2)cc1O. The number of nitro groups is 1.